The average Bonchev–Trinajstić information content (AvgIpc) is 2.54. The number of nitrogens with one attached hydrogen (secondary N) is 2. The Balaban J connectivity index is 0.000000273. The number of amides is 1. The van der Waals surface area contributed by atoms with Crippen molar-refractivity contribution in [1.82, 2.24) is 4.72 Å². The van der Waals surface area contributed by atoms with Gasteiger partial charge in [-0.05, 0) is 19.2 Å². The van der Waals surface area contributed by atoms with Crippen LogP contribution in [0.2, 0.25) is 0 Å². The largest absolute Gasteiger partial charge is 0.240 e. The van der Waals surface area contributed by atoms with Gasteiger partial charge in [0.1, 0.15) is 0 Å². The van der Waals surface area contributed by atoms with Gasteiger partial charge in [0.2, 0.25) is 10.0 Å². The smallest absolute Gasteiger partial charge is 0.214 e. The minimum atomic E-state index is -5.09. The molecule has 0 aliphatic carbocycles. The number of aromatic hydroxyl groups is 1. The molecular weight excluding hydrogens is 427 g/mol. The van der Waals surface area contributed by atoms with E-state index in [4.69, 9.17) is 8.19 Å². The average molecular weight is 446 g/mol. The van der Waals surface area contributed by atoms with Gasteiger partial charge in [0.15, 0.2) is 0 Å². The molecule has 0 saturated carbocycles. The summed E-state index contributed by atoms with van der Waals surface area (Å²) in [5, 5.41) is 11.7. The molecule has 1 amide bonds. The first-order valence-corrected chi connectivity index (χ1v) is 12.0. The van der Waals surface area contributed by atoms with E-state index in [1.807, 2.05) is 0 Å². The van der Waals surface area contributed by atoms with E-state index in [1.54, 1.807) is 30.3 Å². The maximum atomic E-state index is 11.1. The summed E-state index contributed by atoms with van der Waals surface area (Å²) in [7, 11) is -1.86. The van der Waals surface area contributed by atoms with Crippen LogP contribution < -0.4 is 14.4 Å². The van der Waals surface area contributed by atoms with Crippen LogP contribution in [-0.2, 0) is 18.6 Å². The number of phenolic OH excluding ortho intramolecular Hbond substituents is 1. The van der Waals surface area contributed by atoms with Gasteiger partial charge in [-0.25, -0.2) is 13.1 Å². The topological polar surface area (TPSA) is 153 Å². The first kappa shape index (κ1) is 21.9. The van der Waals surface area contributed by atoms with Crippen LogP contribution in [-0.4, -0.2) is 48.8 Å². The van der Waals surface area contributed by atoms with E-state index in [-0.39, 0.29) is 11.6 Å². The third-order valence-electron chi connectivity index (χ3n) is 2.93. The van der Waals surface area contributed by atoms with E-state index in [2.05, 4.69) is 10.0 Å². The van der Waals surface area contributed by atoms with Crippen molar-refractivity contribution in [1.29, 1.82) is 0 Å². The molecule has 11 heteroatoms. The molecule has 0 radical (unpaired) electrons. The molecule has 5 N–H and O–H groups in total. The van der Waals surface area contributed by atoms with Crippen LogP contribution in [0.1, 0.15) is 6.92 Å². The fourth-order valence-corrected chi connectivity index (χ4v) is 3.84. The first-order valence-electron chi connectivity index (χ1n) is 7.12. The molecule has 142 valence electrons. The van der Waals surface area contributed by atoms with Gasteiger partial charge < -0.3 is 0 Å². The molecule has 9 nitrogen and oxygen atoms in total. The molecule has 0 heterocycles. The van der Waals surface area contributed by atoms with Gasteiger partial charge in [-0.3, -0.25) is 0 Å². The fraction of sp³-hybridized carbons (Fsp3) is 0.133. The van der Waals surface area contributed by atoms with Crippen molar-refractivity contribution in [2.75, 3.05) is 12.4 Å². The quantitative estimate of drug-likeness (QED) is 0.397. The second-order valence-corrected chi connectivity index (χ2v) is 10.1. The number of anilines is 1. The number of rotatable bonds is 4. The standard InChI is InChI=1S/C8H10AsNO5.C7H9NO2S/c1-5(11)10-6-2-3-7(8(12)4-6)9(13,14)15;1-8-11(9,10)7-5-3-2-4-6-7/h2-4,12H,1H3,(H,10,11)(H2,13,14,15);2-6,8H,1H3. The summed E-state index contributed by atoms with van der Waals surface area (Å²) >= 11 is -5.09. The van der Waals surface area contributed by atoms with Crippen molar-refractivity contribution in [2.24, 2.45) is 0 Å². The van der Waals surface area contributed by atoms with E-state index in [0.29, 0.717) is 4.90 Å². The minimum absolute atomic E-state index is 0.285. The molecule has 0 spiro atoms. The van der Waals surface area contributed by atoms with E-state index in [9.17, 15) is 22.1 Å². The molecule has 2 aromatic carbocycles. The third-order valence-corrected chi connectivity index (χ3v) is 6.47. The number of sulfonamides is 1. The predicted octanol–water partition coefficient (Wildman–Crippen LogP) is -0.494. The Morgan fingerprint density at radius 3 is 2.08 bits per heavy atom. The van der Waals surface area contributed by atoms with Crippen LogP contribution in [0, 0.1) is 0 Å². The van der Waals surface area contributed by atoms with Crippen molar-refractivity contribution < 1.29 is 30.2 Å². The molecule has 26 heavy (non-hydrogen) atoms. The molecule has 2 aromatic rings. The van der Waals surface area contributed by atoms with Gasteiger partial charge in [-0.15, -0.1) is 0 Å². The van der Waals surface area contributed by atoms with Gasteiger partial charge in [-0.2, -0.15) is 0 Å². The Bertz CT molecular complexity index is 911. The van der Waals surface area contributed by atoms with Crippen molar-refractivity contribution in [3.63, 3.8) is 0 Å². The molecule has 0 bridgehead atoms. The van der Waals surface area contributed by atoms with Crippen LogP contribution in [0.5, 0.6) is 5.75 Å². The third kappa shape index (κ3) is 6.66. The fourth-order valence-electron chi connectivity index (χ4n) is 1.77. The molecule has 0 atom stereocenters. The SMILES string of the molecule is CC(=O)Nc1ccc([As](=O)(O)O)c(O)c1.CNS(=O)(=O)c1ccccc1. The van der Waals surface area contributed by atoms with Gasteiger partial charge in [0.25, 0.3) is 0 Å². The summed E-state index contributed by atoms with van der Waals surface area (Å²) in [5.41, 5.74) is 0.285. The van der Waals surface area contributed by atoms with Crippen LogP contribution >= 0.6 is 0 Å². The molecule has 0 aromatic heterocycles. The number of benzene rings is 2. The molecule has 0 unspecified atom stereocenters. The summed E-state index contributed by atoms with van der Waals surface area (Å²) in [4.78, 5) is 11.0. The zero-order valence-electron chi connectivity index (χ0n) is 13.9. The number of phenols is 1. The predicted molar refractivity (Wildman–Crippen MR) is 95.6 cm³/mol. The molecule has 2 rings (SSSR count). The van der Waals surface area contributed by atoms with E-state index >= 15 is 0 Å². The molecule has 0 aliphatic heterocycles. The van der Waals surface area contributed by atoms with Gasteiger partial charge in [0, 0.05) is 0 Å². The van der Waals surface area contributed by atoms with Crippen LogP contribution in [0.25, 0.3) is 0 Å². The number of hydrogen-bond donors (Lipinski definition) is 5. The molecular formula is C15H19AsN2O7S. The van der Waals surface area contributed by atoms with Crippen molar-refractivity contribution >= 4 is 40.1 Å². The van der Waals surface area contributed by atoms with Crippen molar-refractivity contribution in [3.05, 3.63) is 48.5 Å². The molecule has 0 saturated heterocycles. The van der Waals surface area contributed by atoms with Gasteiger partial charge in [0.05, 0.1) is 4.90 Å². The van der Waals surface area contributed by atoms with E-state index < -0.39 is 34.3 Å². The van der Waals surface area contributed by atoms with Gasteiger partial charge >= 0.3 is 88.1 Å². The Hall–Kier alpha value is -2.10. The van der Waals surface area contributed by atoms with Crippen molar-refractivity contribution in [3.8, 4) is 5.75 Å². The number of carbonyl (C=O) groups excluding carboxylic acids is 1. The van der Waals surface area contributed by atoms with Crippen LogP contribution in [0.4, 0.5) is 5.69 Å². The molecule has 0 fully saturated rings. The summed E-state index contributed by atoms with van der Waals surface area (Å²) < 4.78 is 52.6. The summed E-state index contributed by atoms with van der Waals surface area (Å²) in [6.45, 7) is 1.29. The van der Waals surface area contributed by atoms with Crippen LogP contribution in [0.3, 0.4) is 0 Å². The maximum Gasteiger partial charge on any atom is 0.240 e. The Morgan fingerprint density at radius 1 is 1.08 bits per heavy atom. The summed E-state index contributed by atoms with van der Waals surface area (Å²) in [5.74, 6) is -0.850. The molecule has 0 aliphatic rings. The summed E-state index contributed by atoms with van der Waals surface area (Å²) in [6, 6.07) is 11.7. The monoisotopic (exact) mass is 446 g/mol. The zero-order chi connectivity index (χ0) is 20.0. The Kier molecular flexibility index (Phi) is 7.61. The van der Waals surface area contributed by atoms with E-state index in [0.717, 1.165) is 12.1 Å². The van der Waals surface area contributed by atoms with E-state index in [1.165, 1.54) is 20.0 Å². The second-order valence-electron chi connectivity index (χ2n) is 4.95. The Morgan fingerprint density at radius 2 is 1.65 bits per heavy atom. The Labute approximate surface area is 153 Å². The summed E-state index contributed by atoms with van der Waals surface area (Å²) in [6.07, 6.45) is 0. The van der Waals surface area contributed by atoms with Crippen LogP contribution in [0.15, 0.2) is 53.4 Å². The number of hydrogen-bond acceptors (Lipinski definition) is 5. The number of carbonyl (C=O) groups is 1. The second kappa shape index (κ2) is 9.02. The van der Waals surface area contributed by atoms with Crippen molar-refractivity contribution in [2.45, 2.75) is 11.8 Å². The minimum Gasteiger partial charge on any atom is -0.214 e. The zero-order valence-corrected chi connectivity index (χ0v) is 16.6. The maximum absolute atomic E-state index is 11.1. The van der Waals surface area contributed by atoms with Gasteiger partial charge in [-0.1, -0.05) is 18.2 Å². The first-order chi connectivity index (χ1) is 12.0. The normalized spacial score (nSPS) is 11.2.